The zero-order chi connectivity index (χ0) is 22.0. The van der Waals surface area contributed by atoms with E-state index >= 15 is 0 Å². The molecule has 1 aliphatic rings. The Morgan fingerprint density at radius 2 is 1.29 bits per heavy atom. The summed E-state index contributed by atoms with van der Waals surface area (Å²) in [5, 5.41) is 5.30. The van der Waals surface area contributed by atoms with Crippen molar-refractivity contribution in [3.05, 3.63) is 95.2 Å². The van der Waals surface area contributed by atoms with E-state index in [1.807, 2.05) is 0 Å². The monoisotopic (exact) mass is 406 g/mol. The summed E-state index contributed by atoms with van der Waals surface area (Å²) in [7, 11) is 0. The Kier molecular flexibility index (Phi) is 4.27. The fourth-order valence-corrected chi connectivity index (χ4v) is 5.18. The maximum absolute atomic E-state index is 5.30. The number of aryl methyl sites for hydroxylation is 2. The maximum atomic E-state index is 5.30. The van der Waals surface area contributed by atoms with E-state index in [1.165, 1.54) is 44.8 Å². The molecular formula is C29H30N2. The molecule has 0 aliphatic carbocycles. The van der Waals surface area contributed by atoms with Crippen molar-refractivity contribution in [3.63, 3.8) is 0 Å². The van der Waals surface area contributed by atoms with Crippen LogP contribution in [0.2, 0.25) is 0 Å². The van der Waals surface area contributed by atoms with Crippen LogP contribution in [0.3, 0.4) is 0 Å². The lowest BCUT2D eigenvalue weighted by Gasteiger charge is -2.47. The van der Waals surface area contributed by atoms with Gasteiger partial charge in [-0.2, -0.15) is 5.10 Å². The number of hydrogen-bond acceptors (Lipinski definition) is 1. The second kappa shape index (κ2) is 6.68. The van der Waals surface area contributed by atoms with Crippen molar-refractivity contribution in [3.8, 4) is 28.1 Å². The van der Waals surface area contributed by atoms with E-state index in [1.54, 1.807) is 0 Å². The summed E-state index contributed by atoms with van der Waals surface area (Å²) in [5.41, 5.74) is 10.9. The molecule has 4 aromatic rings. The maximum Gasteiger partial charge on any atom is 0.101 e. The van der Waals surface area contributed by atoms with Crippen LogP contribution in [-0.2, 0) is 10.8 Å². The van der Waals surface area contributed by atoms with Gasteiger partial charge in [0.15, 0.2) is 0 Å². The number of benzene rings is 3. The van der Waals surface area contributed by atoms with Crippen molar-refractivity contribution >= 4 is 0 Å². The number of hydrogen-bond donors (Lipinski definition) is 0. The smallest absolute Gasteiger partial charge is 0.101 e. The van der Waals surface area contributed by atoms with Gasteiger partial charge >= 0.3 is 0 Å². The van der Waals surface area contributed by atoms with E-state index in [-0.39, 0.29) is 10.8 Å². The molecule has 0 amide bonds. The Hall–Kier alpha value is -3.13. The van der Waals surface area contributed by atoms with Crippen molar-refractivity contribution in [2.75, 3.05) is 0 Å². The molecule has 2 heterocycles. The zero-order valence-corrected chi connectivity index (χ0v) is 19.3. The first-order chi connectivity index (χ1) is 14.7. The fraction of sp³-hybridized carbons (Fsp3) is 0.276. The lowest BCUT2D eigenvalue weighted by atomic mass is 9.59. The molecule has 2 nitrogen and oxygen atoms in total. The fourth-order valence-electron chi connectivity index (χ4n) is 5.18. The number of para-hydroxylation sites is 1. The summed E-state index contributed by atoms with van der Waals surface area (Å²) in [5.74, 6) is 0. The molecule has 0 unspecified atom stereocenters. The van der Waals surface area contributed by atoms with Crippen molar-refractivity contribution in [2.45, 2.75) is 52.4 Å². The molecule has 0 radical (unpaired) electrons. The van der Waals surface area contributed by atoms with Gasteiger partial charge in [0, 0.05) is 22.0 Å². The average molecular weight is 407 g/mol. The minimum atomic E-state index is -0.114. The predicted octanol–water partition coefficient (Wildman–Crippen LogP) is 7.39. The third-order valence-corrected chi connectivity index (χ3v) is 7.40. The Morgan fingerprint density at radius 1 is 0.677 bits per heavy atom. The molecule has 1 aromatic heterocycles. The lowest BCUT2D eigenvalue weighted by molar-refractivity contribution is 0.276. The number of nitrogens with zero attached hydrogens (tertiary/aromatic N) is 2. The third kappa shape index (κ3) is 2.81. The minimum absolute atomic E-state index is 0.0387. The molecule has 0 spiro atoms. The molecule has 0 saturated heterocycles. The van der Waals surface area contributed by atoms with Crippen LogP contribution in [0.5, 0.6) is 0 Å². The second-order valence-corrected chi connectivity index (χ2v) is 9.99. The quantitative estimate of drug-likeness (QED) is 0.339. The first-order valence-corrected chi connectivity index (χ1v) is 11.1. The zero-order valence-electron chi connectivity index (χ0n) is 19.3. The Bertz CT molecular complexity index is 1270. The Labute approximate surface area is 185 Å². The largest absolute Gasteiger partial charge is 0.236 e. The highest BCUT2D eigenvalue weighted by molar-refractivity contribution is 5.85. The molecular weight excluding hydrogens is 376 g/mol. The van der Waals surface area contributed by atoms with E-state index in [4.69, 9.17) is 5.10 Å². The molecule has 1 aliphatic heterocycles. The summed E-state index contributed by atoms with van der Waals surface area (Å²) in [6.07, 6.45) is 0. The molecule has 5 rings (SSSR count). The van der Waals surface area contributed by atoms with E-state index in [0.29, 0.717) is 0 Å². The molecule has 3 aromatic carbocycles. The van der Waals surface area contributed by atoms with Crippen molar-refractivity contribution in [1.82, 2.24) is 9.78 Å². The van der Waals surface area contributed by atoms with Gasteiger partial charge in [-0.1, -0.05) is 93.4 Å². The van der Waals surface area contributed by atoms with Gasteiger partial charge < -0.3 is 0 Å². The van der Waals surface area contributed by atoms with Gasteiger partial charge in [-0.25, -0.2) is 4.68 Å². The molecule has 2 heteroatoms. The number of rotatable bonds is 2. The van der Waals surface area contributed by atoms with Crippen LogP contribution in [0.4, 0.5) is 0 Å². The van der Waals surface area contributed by atoms with E-state index < -0.39 is 0 Å². The van der Waals surface area contributed by atoms with Crippen LogP contribution in [0.15, 0.2) is 72.8 Å². The van der Waals surface area contributed by atoms with Gasteiger partial charge in [0.1, 0.15) is 5.69 Å². The predicted molar refractivity (Wildman–Crippen MR) is 130 cm³/mol. The number of aromatic nitrogens is 2. The van der Waals surface area contributed by atoms with Gasteiger partial charge in [-0.05, 0) is 43.2 Å². The van der Waals surface area contributed by atoms with Crippen molar-refractivity contribution < 1.29 is 0 Å². The van der Waals surface area contributed by atoms with E-state index in [2.05, 4.69) is 119 Å². The summed E-state index contributed by atoms with van der Waals surface area (Å²) < 4.78 is 2.22. The molecule has 0 fully saturated rings. The summed E-state index contributed by atoms with van der Waals surface area (Å²) in [6.45, 7) is 13.8. The van der Waals surface area contributed by atoms with Gasteiger partial charge in [-0.3, -0.25) is 0 Å². The first-order valence-electron chi connectivity index (χ1n) is 11.1. The van der Waals surface area contributed by atoms with Gasteiger partial charge in [0.05, 0.1) is 11.4 Å². The molecule has 156 valence electrons. The third-order valence-electron chi connectivity index (χ3n) is 7.40. The molecule has 0 bridgehead atoms. The van der Waals surface area contributed by atoms with Crippen LogP contribution < -0.4 is 0 Å². The molecule has 0 N–H and O–H groups in total. The van der Waals surface area contributed by atoms with Crippen LogP contribution >= 0.6 is 0 Å². The topological polar surface area (TPSA) is 17.8 Å². The molecule has 0 saturated carbocycles. The first kappa shape index (κ1) is 19.8. The second-order valence-electron chi connectivity index (χ2n) is 9.99. The standard InChI is InChI=1S/C29H30N2/c1-19-16-20(2)18-22(17-19)26-25(21-12-8-7-9-13-21)27-29(5,6)28(3,4)23-14-10-11-15-24(23)31(27)30-26/h7-18H,1-6H3. The van der Waals surface area contributed by atoms with Crippen LogP contribution in [-0.4, -0.2) is 9.78 Å². The van der Waals surface area contributed by atoms with Crippen molar-refractivity contribution in [2.24, 2.45) is 0 Å². The van der Waals surface area contributed by atoms with E-state index in [0.717, 1.165) is 5.69 Å². The average Bonchev–Trinajstić information content (AvgIpc) is 3.14. The SMILES string of the molecule is Cc1cc(C)cc(-c2nn3c(c2-c2ccccc2)C(C)(C)C(C)(C)c2ccccc2-3)c1. The van der Waals surface area contributed by atoms with Gasteiger partial charge in [0.2, 0.25) is 0 Å². The van der Waals surface area contributed by atoms with Crippen molar-refractivity contribution in [1.29, 1.82) is 0 Å². The summed E-state index contributed by atoms with van der Waals surface area (Å²) >= 11 is 0. The van der Waals surface area contributed by atoms with Crippen LogP contribution in [0, 0.1) is 13.8 Å². The summed E-state index contributed by atoms with van der Waals surface area (Å²) in [4.78, 5) is 0. The Morgan fingerprint density at radius 3 is 1.97 bits per heavy atom. The molecule has 31 heavy (non-hydrogen) atoms. The Balaban J connectivity index is 1.94. The van der Waals surface area contributed by atoms with Gasteiger partial charge in [0.25, 0.3) is 0 Å². The molecule has 0 atom stereocenters. The lowest BCUT2D eigenvalue weighted by Crippen LogP contribution is -2.46. The number of fused-ring (bicyclic) bond motifs is 3. The minimum Gasteiger partial charge on any atom is -0.236 e. The highest BCUT2D eigenvalue weighted by Gasteiger charge is 2.49. The van der Waals surface area contributed by atoms with E-state index in [9.17, 15) is 0 Å². The highest BCUT2D eigenvalue weighted by atomic mass is 15.3. The normalized spacial score (nSPS) is 15.9. The highest BCUT2D eigenvalue weighted by Crippen LogP contribution is 2.54. The van der Waals surface area contributed by atoms with Crippen LogP contribution in [0.1, 0.15) is 50.1 Å². The summed E-state index contributed by atoms with van der Waals surface area (Å²) in [6, 6.07) is 26.3. The van der Waals surface area contributed by atoms with Gasteiger partial charge in [-0.15, -0.1) is 0 Å². The van der Waals surface area contributed by atoms with Crippen LogP contribution in [0.25, 0.3) is 28.1 Å².